The lowest BCUT2D eigenvalue weighted by Crippen LogP contribution is -2.57. The molecule has 0 saturated carbocycles. The largest absolute Gasteiger partial charge is 0.465 e. The van der Waals surface area contributed by atoms with Gasteiger partial charge in [0.1, 0.15) is 0 Å². The Morgan fingerprint density at radius 2 is 1.80 bits per heavy atom. The Bertz CT molecular complexity index is 910. The van der Waals surface area contributed by atoms with Crippen LogP contribution >= 0.6 is 0 Å². The minimum absolute atomic E-state index is 0.0182. The first-order valence-electron chi connectivity index (χ1n) is 10.4. The molecule has 1 aliphatic heterocycles. The molecule has 6 nitrogen and oxygen atoms in total. The molecule has 2 aromatic rings. The van der Waals surface area contributed by atoms with E-state index in [1.165, 1.54) is 12.7 Å². The molecule has 160 valence electrons. The van der Waals surface area contributed by atoms with Gasteiger partial charge in [0, 0.05) is 37.1 Å². The van der Waals surface area contributed by atoms with Gasteiger partial charge in [0.05, 0.1) is 18.7 Å². The minimum Gasteiger partial charge on any atom is -0.465 e. The molecule has 3 rings (SSSR count). The topological polar surface area (TPSA) is 61.9 Å². The summed E-state index contributed by atoms with van der Waals surface area (Å²) in [6.07, 6.45) is 0. The van der Waals surface area contributed by atoms with Crippen LogP contribution in [0, 0.1) is 13.8 Å². The van der Waals surface area contributed by atoms with E-state index in [1.54, 1.807) is 12.1 Å². The van der Waals surface area contributed by atoms with Crippen molar-refractivity contribution in [3.05, 3.63) is 59.2 Å². The number of aryl methyl sites for hydroxylation is 2. The number of amides is 1. The Morgan fingerprint density at radius 3 is 2.40 bits per heavy atom. The third-order valence-electron chi connectivity index (χ3n) is 5.85. The Labute approximate surface area is 178 Å². The van der Waals surface area contributed by atoms with Crippen LogP contribution in [0.3, 0.4) is 0 Å². The van der Waals surface area contributed by atoms with Crippen LogP contribution in [-0.4, -0.2) is 55.6 Å². The van der Waals surface area contributed by atoms with Gasteiger partial charge in [0.2, 0.25) is 5.91 Å². The summed E-state index contributed by atoms with van der Waals surface area (Å²) >= 11 is 0. The van der Waals surface area contributed by atoms with E-state index in [4.69, 9.17) is 4.74 Å². The predicted octanol–water partition coefficient (Wildman–Crippen LogP) is 3.63. The molecule has 0 aliphatic carbocycles. The highest BCUT2D eigenvalue weighted by Crippen LogP contribution is 2.23. The molecular weight excluding hydrogens is 378 g/mol. The monoisotopic (exact) mass is 409 g/mol. The van der Waals surface area contributed by atoms with Gasteiger partial charge >= 0.3 is 5.97 Å². The fraction of sp³-hybridized carbons (Fsp3) is 0.417. The van der Waals surface area contributed by atoms with Gasteiger partial charge < -0.3 is 15.0 Å². The number of rotatable bonds is 5. The van der Waals surface area contributed by atoms with Crippen LogP contribution in [0.5, 0.6) is 0 Å². The highest BCUT2D eigenvalue weighted by molar-refractivity contribution is 5.95. The standard InChI is InChI=1S/C24H31N3O3/c1-16-6-11-22(17(2)14-16)25-23(28)19(4)27-13-12-26(15-18(27)3)21-9-7-20(8-10-21)24(29)30-5/h6-11,14,18-19H,12-13,15H2,1-5H3,(H,25,28). The molecule has 1 amide bonds. The van der Waals surface area contributed by atoms with Crippen molar-refractivity contribution in [2.45, 2.75) is 39.8 Å². The van der Waals surface area contributed by atoms with Crippen LogP contribution in [0.15, 0.2) is 42.5 Å². The van der Waals surface area contributed by atoms with Crippen molar-refractivity contribution in [2.24, 2.45) is 0 Å². The predicted molar refractivity (Wildman–Crippen MR) is 120 cm³/mol. The minimum atomic E-state index is -0.330. The number of carbonyl (C=O) groups is 2. The van der Waals surface area contributed by atoms with Crippen molar-refractivity contribution in [3.8, 4) is 0 Å². The van der Waals surface area contributed by atoms with E-state index >= 15 is 0 Å². The van der Waals surface area contributed by atoms with Crippen LogP contribution in [-0.2, 0) is 9.53 Å². The van der Waals surface area contributed by atoms with E-state index in [0.717, 1.165) is 36.6 Å². The maximum atomic E-state index is 12.9. The molecule has 0 radical (unpaired) electrons. The van der Waals surface area contributed by atoms with Crippen LogP contribution in [0.2, 0.25) is 0 Å². The Hall–Kier alpha value is -2.86. The van der Waals surface area contributed by atoms with Gasteiger partial charge in [0.25, 0.3) is 0 Å². The van der Waals surface area contributed by atoms with E-state index in [9.17, 15) is 9.59 Å². The fourth-order valence-electron chi connectivity index (χ4n) is 4.05. The number of nitrogens with zero attached hydrogens (tertiary/aromatic N) is 2. The molecular formula is C24H31N3O3. The van der Waals surface area contributed by atoms with Gasteiger partial charge in [-0.3, -0.25) is 9.69 Å². The van der Waals surface area contributed by atoms with Crippen molar-refractivity contribution in [2.75, 3.05) is 37.0 Å². The molecule has 2 atom stereocenters. The smallest absolute Gasteiger partial charge is 0.337 e. The number of piperazine rings is 1. The number of hydrogen-bond donors (Lipinski definition) is 1. The van der Waals surface area contributed by atoms with Gasteiger partial charge in [-0.25, -0.2) is 4.79 Å². The molecule has 2 aromatic carbocycles. The zero-order valence-corrected chi connectivity index (χ0v) is 18.4. The second-order valence-electron chi connectivity index (χ2n) is 8.05. The van der Waals surface area contributed by atoms with E-state index in [0.29, 0.717) is 5.56 Å². The summed E-state index contributed by atoms with van der Waals surface area (Å²) < 4.78 is 4.76. The van der Waals surface area contributed by atoms with E-state index in [-0.39, 0.29) is 24.0 Å². The average molecular weight is 410 g/mol. The van der Waals surface area contributed by atoms with Gasteiger partial charge in [-0.1, -0.05) is 17.7 Å². The molecule has 0 aromatic heterocycles. The summed E-state index contributed by atoms with van der Waals surface area (Å²) in [7, 11) is 1.38. The zero-order valence-electron chi connectivity index (χ0n) is 18.4. The lowest BCUT2D eigenvalue weighted by Gasteiger charge is -2.43. The Balaban J connectivity index is 1.61. The van der Waals surface area contributed by atoms with Crippen LogP contribution in [0.4, 0.5) is 11.4 Å². The van der Waals surface area contributed by atoms with E-state index in [1.807, 2.05) is 45.0 Å². The number of hydrogen-bond acceptors (Lipinski definition) is 5. The second kappa shape index (κ2) is 9.30. The summed E-state index contributed by atoms with van der Waals surface area (Å²) in [5, 5.41) is 3.08. The summed E-state index contributed by atoms with van der Waals surface area (Å²) in [5.74, 6) is -0.312. The molecule has 1 heterocycles. The second-order valence-corrected chi connectivity index (χ2v) is 8.05. The first-order chi connectivity index (χ1) is 14.3. The molecule has 1 saturated heterocycles. The SMILES string of the molecule is COC(=O)c1ccc(N2CCN(C(C)C(=O)Nc3ccc(C)cc3C)C(C)C2)cc1. The number of anilines is 2. The van der Waals surface area contributed by atoms with Crippen LogP contribution in [0.1, 0.15) is 35.3 Å². The highest BCUT2D eigenvalue weighted by atomic mass is 16.5. The van der Waals surface area contributed by atoms with Crippen molar-refractivity contribution >= 4 is 23.3 Å². The quantitative estimate of drug-likeness (QED) is 0.764. The summed E-state index contributed by atoms with van der Waals surface area (Å²) in [4.78, 5) is 29.0. The average Bonchev–Trinajstić information content (AvgIpc) is 2.74. The van der Waals surface area contributed by atoms with Gasteiger partial charge in [-0.05, 0) is 63.6 Å². The fourth-order valence-corrected chi connectivity index (χ4v) is 4.05. The summed E-state index contributed by atoms with van der Waals surface area (Å²) in [5.41, 5.74) is 4.74. The van der Waals surface area contributed by atoms with Crippen molar-refractivity contribution in [1.82, 2.24) is 4.90 Å². The first kappa shape index (κ1) is 21.8. The molecule has 1 N–H and O–H groups in total. The molecule has 1 aliphatic rings. The molecule has 30 heavy (non-hydrogen) atoms. The Kier molecular flexibility index (Phi) is 6.77. The molecule has 1 fully saturated rings. The summed E-state index contributed by atoms with van der Waals surface area (Å²) in [6.45, 7) is 10.6. The van der Waals surface area contributed by atoms with Crippen molar-refractivity contribution in [1.29, 1.82) is 0 Å². The van der Waals surface area contributed by atoms with Crippen molar-refractivity contribution < 1.29 is 14.3 Å². The maximum Gasteiger partial charge on any atom is 0.337 e. The highest BCUT2D eigenvalue weighted by Gasteiger charge is 2.31. The third-order valence-corrected chi connectivity index (χ3v) is 5.85. The van der Waals surface area contributed by atoms with Gasteiger partial charge in [-0.15, -0.1) is 0 Å². The number of esters is 1. The van der Waals surface area contributed by atoms with E-state index < -0.39 is 0 Å². The Morgan fingerprint density at radius 1 is 1.10 bits per heavy atom. The number of carbonyl (C=O) groups excluding carboxylic acids is 2. The number of benzene rings is 2. The number of nitrogens with one attached hydrogen (secondary N) is 1. The molecule has 0 spiro atoms. The van der Waals surface area contributed by atoms with Crippen molar-refractivity contribution in [3.63, 3.8) is 0 Å². The molecule has 2 unspecified atom stereocenters. The zero-order chi connectivity index (χ0) is 21.8. The molecule has 6 heteroatoms. The normalized spacial score (nSPS) is 18.0. The van der Waals surface area contributed by atoms with Gasteiger partial charge in [-0.2, -0.15) is 0 Å². The number of ether oxygens (including phenoxy) is 1. The third kappa shape index (κ3) is 4.82. The first-order valence-corrected chi connectivity index (χ1v) is 10.4. The summed E-state index contributed by atoms with van der Waals surface area (Å²) in [6, 6.07) is 13.5. The number of methoxy groups -OCH3 is 1. The van der Waals surface area contributed by atoms with E-state index in [2.05, 4.69) is 28.1 Å². The van der Waals surface area contributed by atoms with Crippen LogP contribution in [0.25, 0.3) is 0 Å². The van der Waals surface area contributed by atoms with Crippen LogP contribution < -0.4 is 10.2 Å². The molecule has 0 bridgehead atoms. The lowest BCUT2D eigenvalue weighted by atomic mass is 10.1. The van der Waals surface area contributed by atoms with Gasteiger partial charge in [0.15, 0.2) is 0 Å². The maximum absolute atomic E-state index is 12.9. The lowest BCUT2D eigenvalue weighted by molar-refractivity contribution is -0.121.